The number of hydrogen-bond acceptors (Lipinski definition) is 7. The fourth-order valence-corrected chi connectivity index (χ4v) is 3.70. The summed E-state index contributed by atoms with van der Waals surface area (Å²) in [7, 11) is 0. The molecule has 190 valence electrons. The highest BCUT2D eigenvalue weighted by Gasteiger charge is 2.38. The van der Waals surface area contributed by atoms with Crippen LogP contribution in [-0.2, 0) is 11.3 Å². The lowest BCUT2D eigenvalue weighted by Crippen LogP contribution is -2.44. The van der Waals surface area contributed by atoms with Crippen LogP contribution in [-0.4, -0.2) is 74.2 Å². The molecular formula is C20H22ClF3N6O5. The Morgan fingerprint density at radius 1 is 1.17 bits per heavy atom. The summed E-state index contributed by atoms with van der Waals surface area (Å²) >= 11 is 6.44. The third-order valence-corrected chi connectivity index (χ3v) is 5.37. The Labute approximate surface area is 200 Å². The maximum atomic E-state index is 12.8. The molecule has 3 heterocycles. The number of carboxylic acid groups (broad SMARTS) is 1. The number of benzene rings is 1. The molecule has 0 saturated carbocycles. The molecule has 0 bridgehead atoms. The number of nitrogens with one attached hydrogen (secondary N) is 2. The second-order valence-corrected chi connectivity index (χ2v) is 7.81. The van der Waals surface area contributed by atoms with Crippen molar-refractivity contribution in [2.24, 2.45) is 0 Å². The normalized spacial score (nSPS) is 14.0. The lowest BCUT2D eigenvalue weighted by molar-refractivity contribution is -0.192. The van der Waals surface area contributed by atoms with Crippen LogP contribution < -0.4 is 21.5 Å². The third-order valence-electron chi connectivity index (χ3n) is 5.05. The Morgan fingerprint density at radius 3 is 2.37 bits per heavy atom. The maximum absolute atomic E-state index is 12.8. The molecule has 0 radical (unpaired) electrons. The van der Waals surface area contributed by atoms with Crippen molar-refractivity contribution in [1.82, 2.24) is 24.4 Å². The number of aliphatic hydroxyl groups excluding tert-OH is 1. The number of para-hydroxylation sites is 1. The van der Waals surface area contributed by atoms with E-state index in [2.05, 4.69) is 15.2 Å². The van der Waals surface area contributed by atoms with Gasteiger partial charge >= 0.3 is 17.8 Å². The standard InChI is InChI=1S/C18H21ClN6O3.C2HF3O2/c19-12-4-1-2-5-13(12)25-14-15(21-17(25)23-9-6-20-7-10-23)24(8-3-11-26)18(28)22-16(14)27;3-2(4,5)1(6)7/h1-2,4-5,20,26H,3,6-11H2,(H,22,27,28);(H,6,7). The summed E-state index contributed by atoms with van der Waals surface area (Å²) in [5.41, 5.74) is 0.114. The van der Waals surface area contributed by atoms with Crippen molar-refractivity contribution >= 4 is 34.7 Å². The predicted octanol–water partition coefficient (Wildman–Crippen LogP) is 0.954. The van der Waals surface area contributed by atoms with Crippen molar-refractivity contribution in [2.45, 2.75) is 19.1 Å². The van der Waals surface area contributed by atoms with Gasteiger partial charge in [0.25, 0.3) is 5.56 Å². The molecule has 1 fully saturated rings. The zero-order chi connectivity index (χ0) is 25.8. The number of aryl methyl sites for hydroxylation is 1. The number of aliphatic hydroxyl groups is 1. The number of piperazine rings is 1. The minimum atomic E-state index is -5.08. The highest BCUT2D eigenvalue weighted by Crippen LogP contribution is 2.29. The molecule has 35 heavy (non-hydrogen) atoms. The fraction of sp³-hybridized carbons (Fsp3) is 0.400. The van der Waals surface area contributed by atoms with Gasteiger partial charge in [0.2, 0.25) is 5.95 Å². The number of H-pyrrole nitrogens is 1. The number of aliphatic carboxylic acids is 1. The number of alkyl halides is 3. The lowest BCUT2D eigenvalue weighted by atomic mass is 10.3. The minimum absolute atomic E-state index is 0.0665. The number of carboxylic acids is 1. The van der Waals surface area contributed by atoms with Gasteiger partial charge in [0.15, 0.2) is 11.2 Å². The van der Waals surface area contributed by atoms with Gasteiger partial charge < -0.3 is 20.4 Å². The first-order chi connectivity index (χ1) is 16.6. The Kier molecular flexibility index (Phi) is 8.19. The molecular weight excluding hydrogens is 497 g/mol. The Hall–Kier alpha value is -3.36. The van der Waals surface area contributed by atoms with Gasteiger partial charge in [0.1, 0.15) is 0 Å². The molecule has 15 heteroatoms. The van der Waals surface area contributed by atoms with Crippen molar-refractivity contribution in [2.75, 3.05) is 37.7 Å². The van der Waals surface area contributed by atoms with E-state index >= 15 is 0 Å². The zero-order valence-corrected chi connectivity index (χ0v) is 18.9. The van der Waals surface area contributed by atoms with Crippen LogP contribution in [0.4, 0.5) is 19.1 Å². The number of nitrogens with zero attached hydrogens (tertiary/aromatic N) is 4. The maximum Gasteiger partial charge on any atom is 0.490 e. The molecule has 1 saturated heterocycles. The topological polar surface area (TPSA) is 145 Å². The summed E-state index contributed by atoms with van der Waals surface area (Å²) in [6, 6.07) is 7.22. The smallest absolute Gasteiger partial charge is 0.475 e. The number of anilines is 1. The SMILES string of the molecule is O=C(O)C(F)(F)F.O=c1[nH]c(=O)n(CCCO)c2nc(N3CCNCC3)n(-c3ccccc3Cl)c12. The van der Waals surface area contributed by atoms with Crippen LogP contribution in [0, 0.1) is 0 Å². The van der Waals surface area contributed by atoms with E-state index in [0.717, 1.165) is 13.1 Å². The van der Waals surface area contributed by atoms with E-state index in [0.29, 0.717) is 36.2 Å². The number of imidazole rings is 1. The number of rotatable bonds is 5. The number of aromatic nitrogens is 4. The molecule has 11 nitrogen and oxygen atoms in total. The van der Waals surface area contributed by atoms with Crippen LogP contribution in [0.1, 0.15) is 6.42 Å². The summed E-state index contributed by atoms with van der Waals surface area (Å²) in [5, 5.41) is 20.1. The van der Waals surface area contributed by atoms with Crippen LogP contribution in [0.2, 0.25) is 5.02 Å². The average Bonchev–Trinajstić information content (AvgIpc) is 3.20. The van der Waals surface area contributed by atoms with Crippen molar-refractivity contribution in [3.05, 3.63) is 50.1 Å². The van der Waals surface area contributed by atoms with Gasteiger partial charge in [0, 0.05) is 39.3 Å². The molecule has 2 aromatic heterocycles. The number of carbonyl (C=O) groups is 1. The molecule has 0 amide bonds. The summed E-state index contributed by atoms with van der Waals surface area (Å²) < 4.78 is 34.8. The second kappa shape index (κ2) is 10.9. The first kappa shape index (κ1) is 26.2. The highest BCUT2D eigenvalue weighted by atomic mass is 35.5. The van der Waals surface area contributed by atoms with Crippen LogP contribution >= 0.6 is 11.6 Å². The Morgan fingerprint density at radius 2 is 1.80 bits per heavy atom. The van der Waals surface area contributed by atoms with Crippen LogP contribution in [0.5, 0.6) is 0 Å². The molecule has 0 unspecified atom stereocenters. The van der Waals surface area contributed by atoms with E-state index in [-0.39, 0.29) is 24.3 Å². The number of fused-ring (bicyclic) bond motifs is 1. The zero-order valence-electron chi connectivity index (χ0n) is 18.2. The molecule has 1 aliphatic heterocycles. The minimum Gasteiger partial charge on any atom is -0.475 e. The molecule has 4 rings (SSSR count). The van der Waals surface area contributed by atoms with Crippen LogP contribution in [0.25, 0.3) is 16.9 Å². The van der Waals surface area contributed by atoms with Crippen LogP contribution in [0.3, 0.4) is 0 Å². The summed E-state index contributed by atoms with van der Waals surface area (Å²) in [6.45, 7) is 3.20. The van der Waals surface area contributed by atoms with E-state index in [1.807, 2.05) is 18.2 Å². The quantitative estimate of drug-likeness (QED) is 0.391. The fourth-order valence-electron chi connectivity index (χ4n) is 3.48. The largest absolute Gasteiger partial charge is 0.490 e. The summed E-state index contributed by atoms with van der Waals surface area (Å²) in [4.78, 5) is 43.2. The van der Waals surface area contributed by atoms with E-state index in [4.69, 9.17) is 26.5 Å². The number of hydrogen-bond donors (Lipinski definition) is 4. The predicted molar refractivity (Wildman–Crippen MR) is 121 cm³/mol. The van der Waals surface area contributed by atoms with Gasteiger partial charge in [-0.2, -0.15) is 18.2 Å². The molecule has 1 aliphatic rings. The van der Waals surface area contributed by atoms with E-state index in [1.165, 1.54) is 4.57 Å². The molecule has 0 aliphatic carbocycles. The monoisotopic (exact) mass is 518 g/mol. The van der Waals surface area contributed by atoms with Gasteiger partial charge in [-0.15, -0.1) is 0 Å². The van der Waals surface area contributed by atoms with Gasteiger partial charge in [-0.25, -0.2) is 9.59 Å². The van der Waals surface area contributed by atoms with E-state index in [9.17, 15) is 27.9 Å². The number of halogens is 4. The molecule has 0 spiro atoms. The third kappa shape index (κ3) is 5.83. The molecule has 1 aromatic carbocycles. The van der Waals surface area contributed by atoms with E-state index < -0.39 is 23.4 Å². The molecule has 4 N–H and O–H groups in total. The lowest BCUT2D eigenvalue weighted by Gasteiger charge is -2.28. The summed E-state index contributed by atoms with van der Waals surface area (Å²) in [5.74, 6) is -2.19. The first-order valence-electron chi connectivity index (χ1n) is 10.4. The van der Waals surface area contributed by atoms with Gasteiger partial charge in [-0.3, -0.25) is 18.9 Å². The van der Waals surface area contributed by atoms with Crippen molar-refractivity contribution in [1.29, 1.82) is 0 Å². The van der Waals surface area contributed by atoms with E-state index in [1.54, 1.807) is 10.6 Å². The number of aromatic amines is 1. The van der Waals surface area contributed by atoms with Gasteiger partial charge in [-0.1, -0.05) is 23.7 Å². The molecule has 0 atom stereocenters. The first-order valence-corrected chi connectivity index (χ1v) is 10.8. The Balaban J connectivity index is 0.000000429. The highest BCUT2D eigenvalue weighted by molar-refractivity contribution is 6.32. The van der Waals surface area contributed by atoms with Gasteiger partial charge in [0.05, 0.1) is 10.7 Å². The Bertz CT molecular complexity index is 1310. The second-order valence-electron chi connectivity index (χ2n) is 7.40. The summed E-state index contributed by atoms with van der Waals surface area (Å²) in [6.07, 6.45) is -4.71. The average molecular weight is 519 g/mol. The van der Waals surface area contributed by atoms with Crippen molar-refractivity contribution in [3.8, 4) is 5.69 Å². The van der Waals surface area contributed by atoms with Crippen molar-refractivity contribution in [3.63, 3.8) is 0 Å². The van der Waals surface area contributed by atoms with Crippen molar-refractivity contribution < 1.29 is 28.2 Å². The van der Waals surface area contributed by atoms with Gasteiger partial charge in [-0.05, 0) is 18.6 Å². The van der Waals surface area contributed by atoms with Crippen LogP contribution in [0.15, 0.2) is 33.9 Å². The molecule has 3 aromatic rings.